The zero-order valence-electron chi connectivity index (χ0n) is 8.86. The summed E-state index contributed by atoms with van der Waals surface area (Å²) < 4.78 is 0. The van der Waals surface area contributed by atoms with Crippen molar-refractivity contribution in [2.75, 3.05) is 0 Å². The zero-order valence-corrected chi connectivity index (χ0v) is 8.86. The van der Waals surface area contributed by atoms with Crippen molar-refractivity contribution < 1.29 is 9.90 Å². The molecule has 2 heteroatoms. The fourth-order valence-electron chi connectivity index (χ4n) is 1.78. The second-order valence-electron chi connectivity index (χ2n) is 4.44. The lowest BCUT2D eigenvalue weighted by Crippen LogP contribution is -2.35. The van der Waals surface area contributed by atoms with Crippen molar-refractivity contribution in [2.24, 2.45) is 11.3 Å². The Bertz CT molecular complexity index is 267. The van der Waals surface area contributed by atoms with Gasteiger partial charge in [0, 0.05) is 11.8 Å². The van der Waals surface area contributed by atoms with E-state index in [1.54, 1.807) is 0 Å². The Hall–Kier alpha value is -0.890. The van der Waals surface area contributed by atoms with Crippen molar-refractivity contribution in [2.45, 2.75) is 32.8 Å². The van der Waals surface area contributed by atoms with Crippen LogP contribution in [0.3, 0.4) is 0 Å². The summed E-state index contributed by atoms with van der Waals surface area (Å²) in [6, 6.07) is 0. The first-order chi connectivity index (χ1) is 6.49. The molecule has 1 rings (SSSR count). The minimum Gasteiger partial charge on any atom is -0.392 e. The molecule has 1 N–H and O–H groups in total. The lowest BCUT2D eigenvalue weighted by atomic mass is 9.72. The van der Waals surface area contributed by atoms with Gasteiger partial charge in [-0.15, -0.1) is 0 Å². The number of aliphatic hydroxyl groups excluding tert-OH is 1. The summed E-state index contributed by atoms with van der Waals surface area (Å²) in [6.45, 7) is 7.75. The Morgan fingerprint density at radius 3 is 2.86 bits per heavy atom. The molecular weight excluding hydrogens is 176 g/mol. The van der Waals surface area contributed by atoms with E-state index >= 15 is 0 Å². The highest BCUT2D eigenvalue weighted by Gasteiger charge is 2.34. The van der Waals surface area contributed by atoms with Crippen molar-refractivity contribution in [3.05, 3.63) is 24.3 Å². The van der Waals surface area contributed by atoms with E-state index in [1.165, 1.54) is 0 Å². The standard InChI is InChI=1S/C12H18O2/c1-9(2)10-4-5-12(3,6-7-13)11(14)8-10/h4-5,7,10-11,14H,1,6,8H2,2-3H3/t10-,11-,12+/m1/s1. The quantitative estimate of drug-likeness (QED) is 0.552. The van der Waals surface area contributed by atoms with E-state index in [0.29, 0.717) is 12.8 Å². The first-order valence-electron chi connectivity index (χ1n) is 4.96. The van der Waals surface area contributed by atoms with Crippen molar-refractivity contribution in [1.29, 1.82) is 0 Å². The van der Waals surface area contributed by atoms with Gasteiger partial charge in [-0.1, -0.05) is 31.2 Å². The van der Waals surface area contributed by atoms with Crippen LogP contribution in [-0.2, 0) is 4.79 Å². The van der Waals surface area contributed by atoms with Crippen LogP contribution in [0.4, 0.5) is 0 Å². The van der Waals surface area contributed by atoms with Crippen LogP contribution in [0.1, 0.15) is 26.7 Å². The monoisotopic (exact) mass is 194 g/mol. The second-order valence-corrected chi connectivity index (χ2v) is 4.44. The third-order valence-corrected chi connectivity index (χ3v) is 3.10. The summed E-state index contributed by atoms with van der Waals surface area (Å²) in [6.07, 6.45) is 5.49. The number of carbonyl (C=O) groups is 1. The predicted octanol–water partition coefficient (Wildman–Crippen LogP) is 2.09. The smallest absolute Gasteiger partial charge is 0.120 e. The highest BCUT2D eigenvalue weighted by molar-refractivity contribution is 5.52. The molecule has 78 valence electrons. The van der Waals surface area contributed by atoms with E-state index in [0.717, 1.165) is 11.9 Å². The van der Waals surface area contributed by atoms with Crippen LogP contribution >= 0.6 is 0 Å². The molecule has 0 aromatic rings. The number of aldehydes is 1. The normalized spacial score (nSPS) is 36.8. The molecule has 14 heavy (non-hydrogen) atoms. The van der Waals surface area contributed by atoms with Gasteiger partial charge in [0.1, 0.15) is 6.29 Å². The Morgan fingerprint density at radius 1 is 1.79 bits per heavy atom. The molecule has 0 aromatic heterocycles. The molecule has 3 atom stereocenters. The molecule has 1 aliphatic carbocycles. The van der Waals surface area contributed by atoms with Crippen LogP contribution in [0.5, 0.6) is 0 Å². The van der Waals surface area contributed by atoms with E-state index in [2.05, 4.69) is 12.7 Å². The van der Waals surface area contributed by atoms with Gasteiger partial charge >= 0.3 is 0 Å². The van der Waals surface area contributed by atoms with E-state index in [9.17, 15) is 9.90 Å². The number of rotatable bonds is 3. The molecule has 0 radical (unpaired) electrons. The van der Waals surface area contributed by atoms with Gasteiger partial charge < -0.3 is 9.90 Å². The lowest BCUT2D eigenvalue weighted by Gasteiger charge is -2.36. The topological polar surface area (TPSA) is 37.3 Å². The number of hydrogen-bond acceptors (Lipinski definition) is 2. The molecule has 0 unspecified atom stereocenters. The van der Waals surface area contributed by atoms with E-state index in [4.69, 9.17) is 0 Å². The third kappa shape index (κ3) is 2.13. The maximum Gasteiger partial charge on any atom is 0.120 e. The molecule has 0 spiro atoms. The van der Waals surface area contributed by atoms with E-state index < -0.39 is 6.10 Å². The summed E-state index contributed by atoms with van der Waals surface area (Å²) >= 11 is 0. The Labute approximate surface area is 85.3 Å². The average Bonchev–Trinajstić information content (AvgIpc) is 2.10. The number of aliphatic hydroxyl groups is 1. The second kappa shape index (κ2) is 4.09. The van der Waals surface area contributed by atoms with Crippen molar-refractivity contribution in [1.82, 2.24) is 0 Å². The van der Waals surface area contributed by atoms with Crippen LogP contribution < -0.4 is 0 Å². The SMILES string of the molecule is C=C(C)[C@@H]1C=C[C@@](C)(CC=O)[C@H](O)C1. The fourth-order valence-corrected chi connectivity index (χ4v) is 1.78. The maximum absolute atomic E-state index is 10.5. The minimum atomic E-state index is -0.445. The number of allylic oxidation sites excluding steroid dienone is 2. The predicted molar refractivity (Wildman–Crippen MR) is 56.9 cm³/mol. The minimum absolute atomic E-state index is 0.254. The molecule has 0 bridgehead atoms. The van der Waals surface area contributed by atoms with Gasteiger partial charge in [0.15, 0.2) is 0 Å². The first kappa shape index (κ1) is 11.2. The molecule has 0 saturated carbocycles. The van der Waals surface area contributed by atoms with Gasteiger partial charge in [-0.05, 0) is 19.3 Å². The van der Waals surface area contributed by atoms with Gasteiger partial charge in [0.25, 0.3) is 0 Å². The van der Waals surface area contributed by atoms with Crippen LogP contribution in [0.15, 0.2) is 24.3 Å². The van der Waals surface area contributed by atoms with Crippen LogP contribution in [-0.4, -0.2) is 17.5 Å². The van der Waals surface area contributed by atoms with Gasteiger partial charge in [-0.2, -0.15) is 0 Å². The van der Waals surface area contributed by atoms with Gasteiger partial charge in [-0.25, -0.2) is 0 Å². The molecular formula is C12H18O2. The Kier molecular flexibility index (Phi) is 3.27. The molecule has 1 aliphatic rings. The van der Waals surface area contributed by atoms with Gasteiger partial charge in [0.05, 0.1) is 6.10 Å². The Morgan fingerprint density at radius 2 is 2.43 bits per heavy atom. The van der Waals surface area contributed by atoms with Crippen molar-refractivity contribution >= 4 is 6.29 Å². The molecule has 0 heterocycles. The Balaban J connectivity index is 2.81. The molecule has 0 aliphatic heterocycles. The molecule has 0 aromatic carbocycles. The van der Waals surface area contributed by atoms with Crippen LogP contribution in [0.25, 0.3) is 0 Å². The van der Waals surface area contributed by atoms with E-state index in [1.807, 2.05) is 19.9 Å². The van der Waals surface area contributed by atoms with Crippen LogP contribution in [0, 0.1) is 11.3 Å². The highest BCUT2D eigenvalue weighted by atomic mass is 16.3. The molecule has 2 nitrogen and oxygen atoms in total. The molecule has 0 fully saturated rings. The highest BCUT2D eigenvalue weighted by Crippen LogP contribution is 2.37. The summed E-state index contributed by atoms with van der Waals surface area (Å²) in [7, 11) is 0. The maximum atomic E-state index is 10.5. The van der Waals surface area contributed by atoms with Crippen molar-refractivity contribution in [3.8, 4) is 0 Å². The third-order valence-electron chi connectivity index (χ3n) is 3.10. The summed E-state index contributed by atoms with van der Waals surface area (Å²) in [4.78, 5) is 10.5. The van der Waals surface area contributed by atoms with Crippen molar-refractivity contribution in [3.63, 3.8) is 0 Å². The largest absolute Gasteiger partial charge is 0.392 e. The lowest BCUT2D eigenvalue weighted by molar-refractivity contribution is -0.110. The molecule has 0 amide bonds. The van der Waals surface area contributed by atoms with Gasteiger partial charge in [-0.3, -0.25) is 0 Å². The zero-order chi connectivity index (χ0) is 10.8. The summed E-state index contributed by atoms with van der Waals surface area (Å²) in [5, 5.41) is 9.93. The number of hydrogen-bond donors (Lipinski definition) is 1. The average molecular weight is 194 g/mol. The summed E-state index contributed by atoms with van der Waals surface area (Å²) in [5.41, 5.74) is 0.682. The number of carbonyl (C=O) groups excluding carboxylic acids is 1. The van der Waals surface area contributed by atoms with Crippen LogP contribution in [0.2, 0.25) is 0 Å². The van der Waals surface area contributed by atoms with Gasteiger partial charge in [0.2, 0.25) is 0 Å². The van der Waals surface area contributed by atoms with E-state index in [-0.39, 0.29) is 11.3 Å². The fraction of sp³-hybridized carbons (Fsp3) is 0.583. The molecule has 0 saturated heterocycles. The first-order valence-corrected chi connectivity index (χ1v) is 4.96. The summed E-state index contributed by atoms with van der Waals surface area (Å²) in [5.74, 6) is 0.254.